The third-order valence-corrected chi connectivity index (χ3v) is 2.76. The molecule has 0 aliphatic heterocycles. The Morgan fingerprint density at radius 3 is 2.52 bits per heavy atom. The number of hydrogen-bond donors (Lipinski definition) is 1. The maximum absolute atomic E-state index is 12.7. The molecule has 0 atom stereocenters. The first-order valence-electron chi connectivity index (χ1n) is 6.08. The number of carbonyl (C=O) groups is 1. The summed E-state index contributed by atoms with van der Waals surface area (Å²) in [5.74, 6) is -1.69. The van der Waals surface area contributed by atoms with Crippen LogP contribution in [0.5, 0.6) is 0 Å². The van der Waals surface area contributed by atoms with Crippen LogP contribution in [0.1, 0.15) is 41.8 Å². The fourth-order valence-corrected chi connectivity index (χ4v) is 1.79. The Bertz CT molecular complexity index is 678. The smallest absolute Gasteiger partial charge is 0.416 e. The van der Waals surface area contributed by atoms with Gasteiger partial charge < -0.3 is 5.11 Å². The van der Waals surface area contributed by atoms with Crippen molar-refractivity contribution >= 4 is 5.97 Å². The minimum Gasteiger partial charge on any atom is -0.475 e. The molecule has 0 unspecified atom stereocenters. The van der Waals surface area contributed by atoms with Crippen LogP contribution in [0.2, 0.25) is 0 Å². The Hall–Kier alpha value is -2.38. The number of aromatic nitrogens is 3. The van der Waals surface area contributed by atoms with Gasteiger partial charge in [-0.3, -0.25) is 0 Å². The molecule has 2 rings (SSSR count). The molecule has 0 amide bonds. The van der Waals surface area contributed by atoms with Gasteiger partial charge in [0.2, 0.25) is 0 Å². The highest BCUT2D eigenvalue weighted by molar-refractivity contribution is 5.83. The number of carboxylic acid groups (broad SMARTS) is 1. The molecule has 2 aromatic rings. The van der Waals surface area contributed by atoms with Gasteiger partial charge in [-0.05, 0) is 18.2 Å². The predicted molar refractivity (Wildman–Crippen MR) is 67.4 cm³/mol. The maximum atomic E-state index is 12.7. The molecule has 0 radical (unpaired) electrons. The lowest BCUT2D eigenvalue weighted by Crippen LogP contribution is -2.09. The highest BCUT2D eigenvalue weighted by atomic mass is 19.4. The minimum absolute atomic E-state index is 0.119. The zero-order chi connectivity index (χ0) is 15.8. The van der Waals surface area contributed by atoms with Gasteiger partial charge in [0.1, 0.15) is 5.82 Å². The van der Waals surface area contributed by atoms with E-state index in [1.54, 1.807) is 13.8 Å². The number of hydrogen-bond acceptors (Lipinski definition) is 3. The molecule has 8 heteroatoms. The van der Waals surface area contributed by atoms with Gasteiger partial charge in [-0.1, -0.05) is 19.9 Å². The van der Waals surface area contributed by atoms with Crippen LogP contribution in [-0.4, -0.2) is 25.8 Å². The van der Waals surface area contributed by atoms with Gasteiger partial charge in [0, 0.05) is 5.92 Å². The van der Waals surface area contributed by atoms with Crippen molar-refractivity contribution in [1.29, 1.82) is 0 Å². The monoisotopic (exact) mass is 299 g/mol. The predicted octanol–water partition coefficient (Wildman–Crippen LogP) is 3.11. The average Bonchev–Trinajstić information content (AvgIpc) is 2.83. The summed E-state index contributed by atoms with van der Waals surface area (Å²) in [4.78, 5) is 14.8. The summed E-state index contributed by atoms with van der Waals surface area (Å²) < 4.78 is 39.3. The molecule has 0 saturated heterocycles. The summed E-state index contributed by atoms with van der Waals surface area (Å²) in [6.45, 7) is 3.50. The fraction of sp³-hybridized carbons (Fsp3) is 0.308. The molecular formula is C13H12F3N3O2. The Morgan fingerprint density at radius 2 is 2.00 bits per heavy atom. The van der Waals surface area contributed by atoms with Gasteiger partial charge in [-0.15, -0.1) is 5.10 Å². The third kappa shape index (κ3) is 3.04. The molecule has 0 spiro atoms. The highest BCUT2D eigenvalue weighted by Gasteiger charge is 2.31. The molecule has 1 aromatic carbocycles. The first kappa shape index (κ1) is 15.0. The van der Waals surface area contributed by atoms with Crippen molar-refractivity contribution < 1.29 is 23.1 Å². The van der Waals surface area contributed by atoms with Gasteiger partial charge >= 0.3 is 12.1 Å². The standard InChI is InChI=1S/C13H12F3N3O2/c1-7(2)11-17-10(12(20)21)18-19(11)9-5-3-4-8(6-9)13(14,15)16/h3-7H,1-2H3,(H,20,21). The van der Waals surface area contributed by atoms with Crippen molar-refractivity contribution in [3.05, 3.63) is 41.5 Å². The maximum Gasteiger partial charge on any atom is 0.416 e. The van der Waals surface area contributed by atoms with Crippen molar-refractivity contribution in [1.82, 2.24) is 14.8 Å². The second-order valence-electron chi connectivity index (χ2n) is 4.71. The van der Waals surface area contributed by atoms with E-state index in [1.807, 2.05) is 0 Å². The second-order valence-corrected chi connectivity index (χ2v) is 4.71. The number of halogens is 3. The van der Waals surface area contributed by atoms with Crippen LogP contribution in [0.4, 0.5) is 13.2 Å². The summed E-state index contributed by atoms with van der Waals surface area (Å²) >= 11 is 0. The second kappa shape index (κ2) is 5.19. The number of benzene rings is 1. The van der Waals surface area contributed by atoms with Crippen molar-refractivity contribution in [2.45, 2.75) is 25.9 Å². The van der Waals surface area contributed by atoms with Gasteiger partial charge in [0.15, 0.2) is 0 Å². The number of alkyl halides is 3. The van der Waals surface area contributed by atoms with Gasteiger partial charge in [-0.25, -0.2) is 14.5 Å². The van der Waals surface area contributed by atoms with Crippen LogP contribution in [-0.2, 0) is 6.18 Å². The quantitative estimate of drug-likeness (QED) is 0.945. The summed E-state index contributed by atoms with van der Waals surface area (Å²) in [6.07, 6.45) is -4.48. The van der Waals surface area contributed by atoms with Gasteiger partial charge in [0.25, 0.3) is 5.82 Å². The van der Waals surface area contributed by atoms with Gasteiger partial charge in [-0.2, -0.15) is 13.2 Å². The molecule has 1 heterocycles. The average molecular weight is 299 g/mol. The summed E-state index contributed by atoms with van der Waals surface area (Å²) in [5, 5.41) is 12.7. The largest absolute Gasteiger partial charge is 0.475 e. The zero-order valence-corrected chi connectivity index (χ0v) is 11.2. The number of nitrogens with zero attached hydrogens (tertiary/aromatic N) is 3. The molecule has 0 aliphatic rings. The summed E-state index contributed by atoms with van der Waals surface area (Å²) in [5.41, 5.74) is -0.712. The molecule has 0 aliphatic carbocycles. The normalized spacial score (nSPS) is 11.9. The molecule has 112 valence electrons. The van der Waals surface area contributed by atoms with Crippen molar-refractivity contribution in [3.8, 4) is 5.69 Å². The van der Waals surface area contributed by atoms with Crippen molar-refractivity contribution in [3.63, 3.8) is 0 Å². The van der Waals surface area contributed by atoms with E-state index in [9.17, 15) is 18.0 Å². The van der Waals surface area contributed by atoms with Crippen LogP contribution in [0, 0.1) is 0 Å². The Kier molecular flexibility index (Phi) is 3.71. The number of aromatic carboxylic acids is 1. The van der Waals surface area contributed by atoms with Crippen molar-refractivity contribution in [2.24, 2.45) is 0 Å². The lowest BCUT2D eigenvalue weighted by Gasteiger charge is -2.11. The first-order chi connectivity index (χ1) is 9.70. The zero-order valence-electron chi connectivity index (χ0n) is 11.2. The minimum atomic E-state index is -4.48. The van der Waals surface area contributed by atoms with Crippen molar-refractivity contribution in [2.75, 3.05) is 0 Å². The Labute approximate surface area is 118 Å². The van der Waals surface area contributed by atoms with E-state index in [2.05, 4.69) is 10.1 Å². The molecule has 5 nitrogen and oxygen atoms in total. The Morgan fingerprint density at radius 1 is 1.33 bits per heavy atom. The summed E-state index contributed by atoms with van der Waals surface area (Å²) in [7, 11) is 0. The SMILES string of the molecule is CC(C)c1nc(C(=O)O)nn1-c1cccc(C(F)(F)F)c1. The van der Waals surface area contributed by atoms with E-state index in [4.69, 9.17) is 5.11 Å². The third-order valence-electron chi connectivity index (χ3n) is 2.76. The molecule has 1 aromatic heterocycles. The highest BCUT2D eigenvalue weighted by Crippen LogP contribution is 2.30. The lowest BCUT2D eigenvalue weighted by atomic mass is 10.1. The molecule has 0 saturated carbocycles. The number of rotatable bonds is 3. The van der Waals surface area contributed by atoms with E-state index >= 15 is 0 Å². The van der Waals surface area contributed by atoms with Crippen LogP contribution >= 0.6 is 0 Å². The van der Waals surface area contributed by atoms with E-state index in [0.717, 1.165) is 16.8 Å². The van der Waals surface area contributed by atoms with E-state index in [1.165, 1.54) is 12.1 Å². The van der Waals surface area contributed by atoms with E-state index < -0.39 is 23.5 Å². The number of carboxylic acids is 1. The molecule has 1 N–H and O–H groups in total. The van der Waals surface area contributed by atoms with Crippen LogP contribution < -0.4 is 0 Å². The lowest BCUT2D eigenvalue weighted by molar-refractivity contribution is -0.137. The molecule has 21 heavy (non-hydrogen) atoms. The molecule has 0 bridgehead atoms. The molecular weight excluding hydrogens is 287 g/mol. The van der Waals surface area contributed by atoms with E-state index in [-0.39, 0.29) is 17.4 Å². The fourth-order valence-electron chi connectivity index (χ4n) is 1.79. The summed E-state index contributed by atoms with van der Waals surface area (Å²) in [6, 6.07) is 4.51. The van der Waals surface area contributed by atoms with Gasteiger partial charge in [0.05, 0.1) is 11.3 Å². The van der Waals surface area contributed by atoms with Crippen LogP contribution in [0.15, 0.2) is 24.3 Å². The molecule has 0 fully saturated rings. The van der Waals surface area contributed by atoms with Crippen LogP contribution in [0.3, 0.4) is 0 Å². The Balaban J connectivity index is 2.58. The van der Waals surface area contributed by atoms with E-state index in [0.29, 0.717) is 0 Å². The topological polar surface area (TPSA) is 68.0 Å². The first-order valence-corrected chi connectivity index (χ1v) is 6.08. The van der Waals surface area contributed by atoms with Crippen LogP contribution in [0.25, 0.3) is 5.69 Å².